The first-order valence-corrected chi connectivity index (χ1v) is 8.89. The van der Waals surface area contributed by atoms with Crippen molar-refractivity contribution in [1.82, 2.24) is 9.97 Å². The molecule has 0 radical (unpaired) electrons. The summed E-state index contributed by atoms with van der Waals surface area (Å²) in [5.41, 5.74) is 7.75. The zero-order chi connectivity index (χ0) is 19.1. The van der Waals surface area contributed by atoms with Gasteiger partial charge in [-0.15, -0.1) is 0 Å². The standard InChI is InChI=1S/C17H17F3N4S2.ClH/c1-9-3-2-6-24(13(9)8-14(25)15(21)26)16-22-11-5-4-10(17(18,19)20)7-12(11)23-16;/h2-7,14-15H,8,21H2,1H3,(H2-,22,23,25,26);1H. The molecular weight excluding hydrogens is 417 g/mol. The van der Waals surface area contributed by atoms with E-state index in [4.69, 9.17) is 5.73 Å². The molecule has 2 unspecified atom stereocenters. The van der Waals surface area contributed by atoms with Crippen LogP contribution in [0.15, 0.2) is 36.5 Å². The topological polar surface area (TPSA) is 58.6 Å². The van der Waals surface area contributed by atoms with Crippen LogP contribution in [0.2, 0.25) is 0 Å². The van der Waals surface area contributed by atoms with E-state index in [1.807, 2.05) is 23.6 Å². The third kappa shape index (κ3) is 4.71. The Morgan fingerprint density at radius 3 is 2.59 bits per heavy atom. The molecule has 4 nitrogen and oxygen atoms in total. The first-order valence-electron chi connectivity index (χ1n) is 7.86. The highest BCUT2D eigenvalue weighted by Crippen LogP contribution is 2.30. The SMILES string of the molecule is Cc1ccc[n+](-c2nc3cc(C(F)(F)F)ccc3[nH]2)c1CC(S)C(N)S.[Cl-]. The molecule has 3 rings (SSSR count). The molecule has 1 aromatic carbocycles. The van der Waals surface area contributed by atoms with Crippen LogP contribution in [0.5, 0.6) is 0 Å². The average Bonchev–Trinajstić information content (AvgIpc) is 2.98. The Kier molecular flexibility index (Phi) is 6.72. The van der Waals surface area contributed by atoms with Crippen molar-refractivity contribution in [2.75, 3.05) is 0 Å². The number of benzene rings is 1. The minimum Gasteiger partial charge on any atom is -1.00 e. The van der Waals surface area contributed by atoms with E-state index in [1.165, 1.54) is 6.07 Å². The number of nitrogens with zero attached hydrogens (tertiary/aromatic N) is 2. The highest BCUT2D eigenvalue weighted by atomic mass is 35.5. The maximum Gasteiger partial charge on any atom is 0.416 e. The highest BCUT2D eigenvalue weighted by Gasteiger charge is 2.32. The summed E-state index contributed by atoms with van der Waals surface area (Å²) in [5, 5.41) is -0.594. The lowest BCUT2D eigenvalue weighted by molar-refractivity contribution is -0.612. The number of thiol groups is 2. The number of hydrogen-bond donors (Lipinski definition) is 4. The predicted molar refractivity (Wildman–Crippen MR) is 101 cm³/mol. The number of nitrogens with two attached hydrogens (primary N) is 1. The van der Waals surface area contributed by atoms with Gasteiger partial charge in [-0.1, -0.05) is 11.1 Å². The fourth-order valence-corrected chi connectivity index (χ4v) is 2.99. The summed E-state index contributed by atoms with van der Waals surface area (Å²) in [7, 11) is 0. The third-order valence-electron chi connectivity index (χ3n) is 4.15. The maximum absolute atomic E-state index is 12.9. The Hall–Kier alpha value is -1.42. The van der Waals surface area contributed by atoms with E-state index in [2.05, 4.69) is 35.2 Å². The Morgan fingerprint density at radius 2 is 1.96 bits per heavy atom. The van der Waals surface area contributed by atoms with Crippen molar-refractivity contribution >= 4 is 36.3 Å². The third-order valence-corrected chi connectivity index (χ3v) is 5.25. The van der Waals surface area contributed by atoms with E-state index < -0.39 is 17.1 Å². The van der Waals surface area contributed by atoms with Gasteiger partial charge in [-0.2, -0.15) is 38.4 Å². The number of H-pyrrole nitrogens is 1. The molecule has 0 fully saturated rings. The van der Waals surface area contributed by atoms with Crippen LogP contribution in [-0.2, 0) is 12.6 Å². The van der Waals surface area contributed by atoms with E-state index in [9.17, 15) is 13.2 Å². The van der Waals surface area contributed by atoms with Gasteiger partial charge in [0.1, 0.15) is 5.52 Å². The van der Waals surface area contributed by atoms with Gasteiger partial charge in [0.2, 0.25) is 0 Å². The smallest absolute Gasteiger partial charge is 0.416 e. The van der Waals surface area contributed by atoms with Gasteiger partial charge < -0.3 is 18.1 Å². The molecule has 0 saturated carbocycles. The summed E-state index contributed by atoms with van der Waals surface area (Å²) in [4.78, 5) is 7.41. The molecule has 0 bridgehead atoms. The molecule has 3 aromatic rings. The molecule has 2 aromatic heterocycles. The molecule has 0 saturated heterocycles. The Labute approximate surface area is 171 Å². The van der Waals surface area contributed by atoms with Gasteiger partial charge in [-0.25, -0.2) is 9.55 Å². The number of imidazole rings is 1. The molecule has 2 atom stereocenters. The normalized spacial score (nSPS) is 14.0. The summed E-state index contributed by atoms with van der Waals surface area (Å²) in [6.07, 6.45) is -2.07. The van der Waals surface area contributed by atoms with Crippen LogP contribution in [0.1, 0.15) is 16.8 Å². The van der Waals surface area contributed by atoms with E-state index in [-0.39, 0.29) is 23.2 Å². The van der Waals surface area contributed by atoms with Crippen LogP contribution >= 0.6 is 25.3 Å². The van der Waals surface area contributed by atoms with Crippen LogP contribution < -0.4 is 22.7 Å². The second kappa shape index (κ2) is 8.30. The summed E-state index contributed by atoms with van der Waals surface area (Å²) >= 11 is 8.69. The molecule has 0 amide bonds. The van der Waals surface area contributed by atoms with Gasteiger partial charge in [-0.3, -0.25) is 0 Å². The van der Waals surface area contributed by atoms with Crippen LogP contribution in [0.25, 0.3) is 17.0 Å². The van der Waals surface area contributed by atoms with E-state index >= 15 is 0 Å². The van der Waals surface area contributed by atoms with Crippen molar-refractivity contribution in [1.29, 1.82) is 0 Å². The first-order chi connectivity index (χ1) is 12.2. The fraction of sp³-hybridized carbons (Fsp3) is 0.294. The molecule has 3 N–H and O–H groups in total. The average molecular weight is 435 g/mol. The summed E-state index contributed by atoms with van der Waals surface area (Å²) in [5.74, 6) is 0.436. The molecule has 0 spiro atoms. The molecule has 0 aliphatic carbocycles. The lowest BCUT2D eigenvalue weighted by atomic mass is 10.1. The second-order valence-electron chi connectivity index (χ2n) is 6.06. The van der Waals surface area contributed by atoms with Crippen molar-refractivity contribution < 1.29 is 30.1 Å². The van der Waals surface area contributed by atoms with Gasteiger partial charge in [0.25, 0.3) is 0 Å². The first kappa shape index (κ1) is 21.9. The number of nitrogens with one attached hydrogen (secondary N) is 1. The highest BCUT2D eigenvalue weighted by molar-refractivity contribution is 7.85. The van der Waals surface area contributed by atoms with Gasteiger partial charge in [0.15, 0.2) is 5.52 Å². The van der Waals surface area contributed by atoms with Crippen LogP contribution in [0.3, 0.4) is 0 Å². The van der Waals surface area contributed by atoms with E-state index in [0.717, 1.165) is 23.4 Å². The largest absolute Gasteiger partial charge is 1.00 e. The Balaban J connectivity index is 0.00000261. The van der Waals surface area contributed by atoms with Crippen molar-refractivity contribution in [3.8, 4) is 5.95 Å². The number of pyridine rings is 1. The minimum absolute atomic E-state index is 0. The summed E-state index contributed by atoms with van der Waals surface area (Å²) in [6, 6.07) is 7.25. The van der Waals surface area contributed by atoms with E-state index in [0.29, 0.717) is 17.9 Å². The molecule has 2 heterocycles. The molecule has 0 aliphatic heterocycles. The van der Waals surface area contributed by atoms with Crippen molar-refractivity contribution in [2.24, 2.45) is 5.73 Å². The zero-order valence-electron chi connectivity index (χ0n) is 14.2. The molecular formula is C17H18ClF3N4S2. The predicted octanol–water partition coefficient (Wildman–Crippen LogP) is 0.226. The monoisotopic (exact) mass is 434 g/mol. The number of fused-ring (bicyclic) bond motifs is 1. The molecule has 146 valence electrons. The Morgan fingerprint density at radius 1 is 1.26 bits per heavy atom. The number of aromatic nitrogens is 3. The number of aryl methyl sites for hydroxylation is 1. The minimum atomic E-state index is -4.41. The van der Waals surface area contributed by atoms with Gasteiger partial charge in [-0.05, 0) is 36.8 Å². The molecule has 27 heavy (non-hydrogen) atoms. The number of alkyl halides is 3. The number of aromatic amines is 1. The van der Waals surface area contributed by atoms with Crippen LogP contribution in [0, 0.1) is 6.92 Å². The number of hydrogen-bond acceptors (Lipinski definition) is 4. The van der Waals surface area contributed by atoms with E-state index in [1.54, 1.807) is 6.20 Å². The second-order valence-corrected chi connectivity index (χ2v) is 7.32. The quantitative estimate of drug-likeness (QED) is 0.270. The fourth-order valence-electron chi connectivity index (χ4n) is 2.71. The maximum atomic E-state index is 12.9. The number of rotatable bonds is 4. The van der Waals surface area contributed by atoms with Crippen molar-refractivity contribution in [2.45, 2.75) is 30.1 Å². The van der Waals surface area contributed by atoms with Gasteiger partial charge in [0.05, 0.1) is 22.8 Å². The summed E-state index contributed by atoms with van der Waals surface area (Å²) in [6.45, 7) is 1.95. The van der Waals surface area contributed by atoms with Gasteiger partial charge >= 0.3 is 12.1 Å². The Bertz CT molecular complexity index is 944. The van der Waals surface area contributed by atoms with Gasteiger partial charge in [0, 0.05) is 11.7 Å². The van der Waals surface area contributed by atoms with Crippen molar-refractivity contribution in [3.63, 3.8) is 0 Å². The van der Waals surface area contributed by atoms with Crippen LogP contribution in [-0.4, -0.2) is 20.6 Å². The van der Waals surface area contributed by atoms with Crippen LogP contribution in [0.4, 0.5) is 13.2 Å². The number of halogens is 4. The summed E-state index contributed by atoms with van der Waals surface area (Å²) < 4.78 is 40.5. The molecule has 10 heteroatoms. The van der Waals surface area contributed by atoms with Crippen molar-refractivity contribution in [3.05, 3.63) is 53.3 Å². The molecule has 0 aliphatic rings. The lowest BCUT2D eigenvalue weighted by Gasteiger charge is -2.16. The zero-order valence-corrected chi connectivity index (χ0v) is 16.7. The lowest BCUT2D eigenvalue weighted by Crippen LogP contribution is -3.00.